The predicted octanol–water partition coefficient (Wildman–Crippen LogP) is 7.05. The molecule has 0 saturated carbocycles. The van der Waals surface area contributed by atoms with E-state index in [1.807, 2.05) is 56.3 Å². The topological polar surface area (TPSA) is 158 Å². The van der Waals surface area contributed by atoms with Crippen LogP contribution in [0.2, 0.25) is 0 Å². The van der Waals surface area contributed by atoms with Gasteiger partial charge in [-0.2, -0.15) is 0 Å². The molecule has 0 bridgehead atoms. The molecule has 1 aliphatic rings. The van der Waals surface area contributed by atoms with Crippen LogP contribution in [0.25, 0.3) is 10.8 Å². The maximum atomic E-state index is 14.5. The second kappa shape index (κ2) is 17.4. The minimum atomic E-state index is -0.555. The Morgan fingerprint density at radius 2 is 1.81 bits per heavy atom. The zero-order valence-electron chi connectivity index (χ0n) is 30.8. The molecule has 1 aromatic heterocycles. The molecule has 0 fully saturated rings. The number of hydrogen-bond donors (Lipinski definition) is 4. The number of carbonyl (C=O) groups excluding carboxylic acids is 3. The third kappa shape index (κ3) is 9.39. The van der Waals surface area contributed by atoms with Crippen LogP contribution in [0.15, 0.2) is 65.2 Å². The number of nitrogens with one attached hydrogen (secondary N) is 3. The minimum absolute atomic E-state index is 0.210. The summed E-state index contributed by atoms with van der Waals surface area (Å²) >= 11 is 0. The number of aryl methyl sites for hydroxylation is 2. The first kappa shape index (κ1) is 38.1. The molecule has 0 saturated heterocycles. The molecule has 1 aliphatic heterocycles. The van der Waals surface area contributed by atoms with Crippen LogP contribution < -0.4 is 20.7 Å². The number of amides is 5. The molecular formula is C39H50N6O7. The van der Waals surface area contributed by atoms with Gasteiger partial charge >= 0.3 is 12.1 Å². The average molecular weight is 715 g/mol. The fraction of sp³-hybridized carbons (Fsp3) is 0.436. The van der Waals surface area contributed by atoms with Crippen LogP contribution in [0.3, 0.4) is 0 Å². The zero-order valence-corrected chi connectivity index (χ0v) is 30.8. The quantitative estimate of drug-likeness (QED) is 0.159. The standard InChI is InChI=1S/C39H50N6O7/c1-24-21-45(25(2)23-46)37(47)32-20-30(40-38(48)42-36-27(4)43-52-28(36)5)17-18-34(32)51-26(3)12-9-10-19-50-35(24)22-44(6)39(49)41-33-16-11-14-29-13-7-8-15-31(29)33/h7-8,11,13-18,20,24-26,35,46H,9-10,12,19,21-23H2,1-6H3,(H,41,49)(H2,40,42,48)/t24-,25-,26+,35+/m1/s1. The molecule has 0 unspecified atom stereocenters. The summed E-state index contributed by atoms with van der Waals surface area (Å²) < 4.78 is 17.9. The molecule has 5 amide bonds. The molecule has 13 heteroatoms. The molecule has 3 aromatic carbocycles. The molecule has 5 rings (SSSR count). The van der Waals surface area contributed by atoms with Gasteiger partial charge in [-0.15, -0.1) is 0 Å². The van der Waals surface area contributed by atoms with Crippen LogP contribution in [0.4, 0.5) is 26.7 Å². The van der Waals surface area contributed by atoms with Crippen LogP contribution in [-0.2, 0) is 4.74 Å². The molecule has 13 nitrogen and oxygen atoms in total. The summed E-state index contributed by atoms with van der Waals surface area (Å²) in [6.07, 6.45) is 1.72. The highest BCUT2D eigenvalue weighted by Crippen LogP contribution is 2.29. The van der Waals surface area contributed by atoms with E-state index in [2.05, 4.69) is 21.1 Å². The van der Waals surface area contributed by atoms with Crippen molar-refractivity contribution >= 4 is 45.8 Å². The van der Waals surface area contributed by atoms with Gasteiger partial charge in [-0.25, -0.2) is 9.59 Å². The summed E-state index contributed by atoms with van der Waals surface area (Å²) in [6, 6.07) is 17.3. The Morgan fingerprint density at radius 1 is 1.04 bits per heavy atom. The van der Waals surface area contributed by atoms with Crippen molar-refractivity contribution < 1.29 is 33.5 Å². The van der Waals surface area contributed by atoms with Crippen molar-refractivity contribution in [3.8, 4) is 5.75 Å². The van der Waals surface area contributed by atoms with Crippen molar-refractivity contribution in [3.05, 3.63) is 77.7 Å². The summed E-state index contributed by atoms with van der Waals surface area (Å²) in [7, 11) is 1.73. The number of carbonyl (C=O) groups is 3. The molecule has 0 radical (unpaired) electrons. The maximum absolute atomic E-state index is 14.5. The van der Waals surface area contributed by atoms with Crippen LogP contribution in [0.5, 0.6) is 5.75 Å². The van der Waals surface area contributed by atoms with E-state index in [0.29, 0.717) is 40.9 Å². The first-order valence-corrected chi connectivity index (χ1v) is 17.8. The first-order chi connectivity index (χ1) is 24.9. The maximum Gasteiger partial charge on any atom is 0.323 e. The Balaban J connectivity index is 1.37. The van der Waals surface area contributed by atoms with Gasteiger partial charge < -0.3 is 44.9 Å². The SMILES string of the molecule is Cc1noc(C)c1NC(=O)Nc1ccc2c(c1)C(=O)N([C@H](C)CO)C[C@@H](C)[C@H](CN(C)C(=O)Nc1cccc3ccccc13)OCCCC[C@H](C)O2. The number of aliphatic hydroxyl groups is 1. The fourth-order valence-corrected chi connectivity index (χ4v) is 6.30. The molecule has 4 atom stereocenters. The van der Waals surface area contributed by atoms with Crippen molar-refractivity contribution in [2.24, 2.45) is 5.92 Å². The molecule has 4 N–H and O–H groups in total. The number of urea groups is 2. The van der Waals surface area contributed by atoms with E-state index >= 15 is 0 Å². The molecule has 2 heterocycles. The number of likely N-dealkylation sites (N-methyl/N-ethyl adjacent to an activating group) is 1. The van der Waals surface area contributed by atoms with E-state index in [0.717, 1.165) is 30.0 Å². The third-order valence-electron chi connectivity index (χ3n) is 9.41. The molecule has 0 spiro atoms. The van der Waals surface area contributed by atoms with E-state index in [9.17, 15) is 19.5 Å². The van der Waals surface area contributed by atoms with Gasteiger partial charge in [0.25, 0.3) is 5.91 Å². The van der Waals surface area contributed by atoms with Gasteiger partial charge in [-0.3, -0.25) is 4.79 Å². The van der Waals surface area contributed by atoms with Crippen molar-refractivity contribution in [2.45, 2.75) is 72.1 Å². The van der Waals surface area contributed by atoms with Gasteiger partial charge in [0, 0.05) is 43.7 Å². The number of rotatable bonds is 7. The lowest BCUT2D eigenvalue weighted by molar-refractivity contribution is -0.0115. The van der Waals surface area contributed by atoms with E-state index in [1.54, 1.807) is 55.8 Å². The van der Waals surface area contributed by atoms with E-state index in [1.165, 1.54) is 0 Å². The number of ether oxygens (including phenoxy) is 2. The van der Waals surface area contributed by atoms with Gasteiger partial charge in [-0.05, 0) is 76.6 Å². The Kier molecular flexibility index (Phi) is 12.7. The lowest BCUT2D eigenvalue weighted by atomic mass is 10.0. The normalized spacial score (nSPS) is 19.2. The van der Waals surface area contributed by atoms with E-state index in [-0.39, 0.29) is 49.2 Å². The highest BCUT2D eigenvalue weighted by Gasteiger charge is 2.31. The van der Waals surface area contributed by atoms with Gasteiger partial charge in [0.2, 0.25) is 0 Å². The van der Waals surface area contributed by atoms with Crippen molar-refractivity contribution in [2.75, 3.05) is 49.3 Å². The van der Waals surface area contributed by atoms with Crippen LogP contribution in [0, 0.1) is 19.8 Å². The molecule has 0 aliphatic carbocycles. The number of aliphatic hydroxyl groups excluding tert-OH is 1. The van der Waals surface area contributed by atoms with Crippen LogP contribution in [0.1, 0.15) is 61.8 Å². The minimum Gasteiger partial charge on any atom is -0.490 e. The molecule has 278 valence electrons. The fourth-order valence-electron chi connectivity index (χ4n) is 6.30. The average Bonchev–Trinajstić information content (AvgIpc) is 3.44. The summed E-state index contributed by atoms with van der Waals surface area (Å²) in [5.74, 6) is 0.241. The highest BCUT2D eigenvalue weighted by atomic mass is 16.5. The van der Waals surface area contributed by atoms with E-state index in [4.69, 9.17) is 14.0 Å². The summed E-state index contributed by atoms with van der Waals surface area (Å²) in [6.45, 7) is 9.83. The van der Waals surface area contributed by atoms with Crippen LogP contribution in [-0.4, -0.2) is 89.6 Å². The first-order valence-electron chi connectivity index (χ1n) is 17.8. The van der Waals surface area contributed by atoms with Gasteiger partial charge in [0.05, 0.1) is 36.1 Å². The van der Waals surface area contributed by atoms with Crippen LogP contribution >= 0.6 is 0 Å². The number of fused-ring (bicyclic) bond motifs is 2. The number of nitrogens with zero attached hydrogens (tertiary/aromatic N) is 3. The Bertz CT molecular complexity index is 1840. The number of benzene rings is 3. The number of anilines is 3. The Morgan fingerprint density at radius 3 is 2.56 bits per heavy atom. The molecule has 52 heavy (non-hydrogen) atoms. The monoisotopic (exact) mass is 714 g/mol. The zero-order chi connectivity index (χ0) is 37.4. The summed E-state index contributed by atoms with van der Waals surface area (Å²) in [4.78, 5) is 44.1. The van der Waals surface area contributed by atoms with Crippen molar-refractivity contribution in [3.63, 3.8) is 0 Å². The smallest absolute Gasteiger partial charge is 0.323 e. The molecular weight excluding hydrogens is 664 g/mol. The Labute approximate surface area is 304 Å². The second-order valence-corrected chi connectivity index (χ2v) is 13.6. The molecule has 4 aromatic rings. The third-order valence-corrected chi connectivity index (χ3v) is 9.41. The largest absolute Gasteiger partial charge is 0.490 e. The summed E-state index contributed by atoms with van der Waals surface area (Å²) in [5, 5.41) is 24.7. The Hall–Kier alpha value is -5.14. The van der Waals surface area contributed by atoms with Crippen molar-refractivity contribution in [1.82, 2.24) is 15.0 Å². The highest BCUT2D eigenvalue weighted by molar-refractivity contribution is 6.03. The lowest BCUT2D eigenvalue weighted by Gasteiger charge is -2.35. The van der Waals surface area contributed by atoms with Crippen molar-refractivity contribution in [1.29, 1.82) is 0 Å². The van der Waals surface area contributed by atoms with Gasteiger partial charge in [0.1, 0.15) is 17.1 Å². The predicted molar refractivity (Wildman–Crippen MR) is 201 cm³/mol. The number of aromatic nitrogens is 1. The van der Waals surface area contributed by atoms with Gasteiger partial charge in [0.15, 0.2) is 5.76 Å². The second-order valence-electron chi connectivity index (χ2n) is 13.6. The van der Waals surface area contributed by atoms with Gasteiger partial charge in [-0.1, -0.05) is 48.5 Å². The van der Waals surface area contributed by atoms with E-state index < -0.39 is 18.2 Å². The summed E-state index contributed by atoms with van der Waals surface area (Å²) in [5.41, 5.74) is 2.34. The lowest BCUT2D eigenvalue weighted by Crippen LogP contribution is -2.48. The number of hydrogen-bond acceptors (Lipinski definition) is 8.